The van der Waals surface area contributed by atoms with E-state index in [0.29, 0.717) is 11.3 Å². The van der Waals surface area contributed by atoms with Gasteiger partial charge in [0.1, 0.15) is 23.3 Å². The third-order valence-corrected chi connectivity index (χ3v) is 4.88. The molecule has 3 aromatic carbocycles. The van der Waals surface area contributed by atoms with E-state index in [2.05, 4.69) is 4.74 Å². The zero-order chi connectivity index (χ0) is 25.3. The molecule has 0 atom stereocenters. The molecule has 0 N–H and O–H groups in total. The number of methoxy groups -OCH3 is 1. The van der Waals surface area contributed by atoms with E-state index in [0.717, 1.165) is 0 Å². The smallest absolute Gasteiger partial charge is 0.349 e. The maximum atomic E-state index is 13.6. The van der Waals surface area contributed by atoms with Crippen LogP contribution in [-0.2, 0) is 4.79 Å². The summed E-state index contributed by atoms with van der Waals surface area (Å²) in [4.78, 5) is 24.8. The lowest BCUT2D eigenvalue weighted by atomic mass is 10.1. The average Bonchev–Trinajstić information content (AvgIpc) is 2.86. The zero-order valence-electron chi connectivity index (χ0n) is 17.7. The molecular weight excluding hydrogens is 479 g/mol. The van der Waals surface area contributed by atoms with Gasteiger partial charge in [0.2, 0.25) is 29.1 Å². The van der Waals surface area contributed by atoms with Crippen LogP contribution in [0.1, 0.15) is 0 Å². The van der Waals surface area contributed by atoms with Crippen LogP contribution in [0.2, 0.25) is 0 Å². The number of carbonyl (C=O) groups excluding carboxylic acids is 1. The van der Waals surface area contributed by atoms with Gasteiger partial charge in [0.15, 0.2) is 17.8 Å². The molecule has 35 heavy (non-hydrogen) atoms. The Balaban J connectivity index is 1.51. The summed E-state index contributed by atoms with van der Waals surface area (Å²) in [6.45, 7) is -1.17. The summed E-state index contributed by atoms with van der Waals surface area (Å²) < 4.78 is 86.8. The minimum absolute atomic E-state index is 0.0678. The van der Waals surface area contributed by atoms with Crippen LogP contribution >= 0.6 is 0 Å². The molecule has 180 valence electrons. The largest absolute Gasteiger partial charge is 0.497 e. The highest BCUT2D eigenvalue weighted by molar-refractivity contribution is 5.83. The highest BCUT2D eigenvalue weighted by Gasteiger charge is 2.27. The first-order valence-electron chi connectivity index (χ1n) is 9.76. The van der Waals surface area contributed by atoms with Crippen LogP contribution in [0.5, 0.6) is 17.2 Å². The molecule has 0 aliphatic carbocycles. The molecule has 0 bridgehead atoms. The molecule has 6 nitrogen and oxygen atoms in total. The van der Waals surface area contributed by atoms with Crippen molar-refractivity contribution >= 4 is 16.9 Å². The van der Waals surface area contributed by atoms with Gasteiger partial charge in [0.25, 0.3) is 0 Å². The van der Waals surface area contributed by atoms with Crippen molar-refractivity contribution in [3.8, 4) is 28.4 Å². The Bertz CT molecular complexity index is 1470. The summed E-state index contributed by atoms with van der Waals surface area (Å²) in [7, 11) is 1.51. The lowest BCUT2D eigenvalue weighted by molar-refractivity contribution is -0.136. The molecule has 1 aromatic heterocycles. The third kappa shape index (κ3) is 4.52. The molecular formula is C24H13F5O6. The second-order valence-corrected chi connectivity index (χ2v) is 7.03. The van der Waals surface area contributed by atoms with Gasteiger partial charge in [-0.2, -0.15) is 8.78 Å². The summed E-state index contributed by atoms with van der Waals surface area (Å²) in [5, 5.41) is 0.177. The van der Waals surface area contributed by atoms with E-state index in [1.54, 1.807) is 24.3 Å². The topological polar surface area (TPSA) is 75.0 Å². The molecule has 0 spiro atoms. The minimum Gasteiger partial charge on any atom is -0.497 e. The highest BCUT2D eigenvalue weighted by Crippen LogP contribution is 2.29. The summed E-state index contributed by atoms with van der Waals surface area (Å²) >= 11 is 0. The van der Waals surface area contributed by atoms with Gasteiger partial charge in [0.05, 0.1) is 18.1 Å². The number of halogens is 5. The first-order valence-corrected chi connectivity index (χ1v) is 9.76. The Kier molecular flexibility index (Phi) is 6.41. The van der Waals surface area contributed by atoms with Crippen LogP contribution in [0.3, 0.4) is 0 Å². The number of carbonyl (C=O) groups is 1. The molecule has 4 aromatic rings. The van der Waals surface area contributed by atoms with Crippen molar-refractivity contribution in [1.29, 1.82) is 0 Å². The molecule has 0 radical (unpaired) electrons. The molecule has 0 aliphatic rings. The van der Waals surface area contributed by atoms with Gasteiger partial charge >= 0.3 is 5.97 Å². The third-order valence-electron chi connectivity index (χ3n) is 4.88. The molecule has 0 saturated carbocycles. The molecule has 4 rings (SSSR count). The lowest BCUT2D eigenvalue weighted by Gasteiger charge is -2.10. The second kappa shape index (κ2) is 9.45. The number of hydrogen-bond acceptors (Lipinski definition) is 6. The van der Waals surface area contributed by atoms with Crippen LogP contribution in [0.25, 0.3) is 22.1 Å². The number of hydrogen-bond donors (Lipinski definition) is 0. The Hall–Kier alpha value is -4.41. The number of rotatable bonds is 6. The second-order valence-electron chi connectivity index (χ2n) is 7.03. The summed E-state index contributed by atoms with van der Waals surface area (Å²) in [5.74, 6) is -13.6. The van der Waals surface area contributed by atoms with Crippen LogP contribution in [0, 0.1) is 29.1 Å². The Morgan fingerprint density at radius 3 is 2.09 bits per heavy atom. The SMILES string of the molecule is COc1ccc(-c2coc3cc(OC(=O)COc4c(F)c(F)c(F)c(F)c4F)ccc3c2=O)cc1. The summed E-state index contributed by atoms with van der Waals surface area (Å²) in [5.41, 5.74) is 0.575. The Morgan fingerprint density at radius 1 is 0.857 bits per heavy atom. The molecule has 1 heterocycles. The average molecular weight is 492 g/mol. The van der Waals surface area contributed by atoms with Gasteiger partial charge in [0, 0.05) is 6.07 Å². The van der Waals surface area contributed by atoms with Crippen LogP contribution in [0.4, 0.5) is 22.0 Å². The van der Waals surface area contributed by atoms with Gasteiger partial charge in [-0.15, -0.1) is 0 Å². The molecule has 0 aliphatic heterocycles. The van der Waals surface area contributed by atoms with E-state index in [1.807, 2.05) is 0 Å². The zero-order valence-corrected chi connectivity index (χ0v) is 17.7. The van der Waals surface area contributed by atoms with Crippen molar-refractivity contribution in [2.75, 3.05) is 13.7 Å². The predicted molar refractivity (Wildman–Crippen MR) is 112 cm³/mol. The number of benzene rings is 3. The van der Waals surface area contributed by atoms with Gasteiger partial charge in [-0.1, -0.05) is 12.1 Å². The normalized spacial score (nSPS) is 10.9. The van der Waals surface area contributed by atoms with Crippen molar-refractivity contribution in [3.05, 3.63) is 88.0 Å². The first kappa shape index (κ1) is 23.7. The van der Waals surface area contributed by atoms with Crippen LogP contribution in [-0.4, -0.2) is 19.7 Å². The highest BCUT2D eigenvalue weighted by atomic mass is 19.2. The van der Waals surface area contributed by atoms with Crippen LogP contribution in [0.15, 0.2) is 57.9 Å². The fourth-order valence-corrected chi connectivity index (χ4v) is 3.15. The van der Waals surface area contributed by atoms with Crippen molar-refractivity contribution in [1.82, 2.24) is 0 Å². The maximum absolute atomic E-state index is 13.6. The predicted octanol–water partition coefficient (Wildman–Crippen LogP) is 5.15. The van der Waals surface area contributed by atoms with E-state index in [1.165, 1.54) is 31.6 Å². The van der Waals surface area contributed by atoms with Gasteiger partial charge < -0.3 is 18.6 Å². The van der Waals surface area contributed by atoms with Crippen LogP contribution < -0.4 is 19.6 Å². The Morgan fingerprint density at radius 2 is 1.46 bits per heavy atom. The molecule has 0 saturated heterocycles. The van der Waals surface area contributed by atoms with E-state index >= 15 is 0 Å². The number of ether oxygens (including phenoxy) is 3. The maximum Gasteiger partial charge on any atom is 0.349 e. The summed E-state index contributed by atoms with van der Waals surface area (Å²) in [6.07, 6.45) is 1.23. The Labute approximate surface area is 193 Å². The molecule has 11 heteroatoms. The minimum atomic E-state index is -2.36. The van der Waals surface area contributed by atoms with Crippen molar-refractivity contribution in [2.45, 2.75) is 0 Å². The fourth-order valence-electron chi connectivity index (χ4n) is 3.15. The number of fused-ring (bicyclic) bond motifs is 1. The molecule has 0 amide bonds. The lowest BCUT2D eigenvalue weighted by Crippen LogP contribution is -2.19. The van der Waals surface area contributed by atoms with Gasteiger partial charge in [-0.25, -0.2) is 18.0 Å². The standard InChI is InChI=1S/C24H13F5O6/c1-32-12-4-2-11(3-5-12)15-9-33-16-8-13(6-7-14(16)23(15)31)35-17(30)10-34-24-21(28)19(26)18(25)20(27)22(24)29/h2-9H,10H2,1H3. The molecule has 0 fully saturated rings. The van der Waals surface area contributed by atoms with Crippen molar-refractivity contribution in [2.24, 2.45) is 0 Å². The number of esters is 1. The van der Waals surface area contributed by atoms with E-state index < -0.39 is 47.4 Å². The van der Waals surface area contributed by atoms with E-state index in [-0.39, 0.29) is 27.7 Å². The molecule has 0 unspecified atom stereocenters. The first-order chi connectivity index (χ1) is 16.7. The quantitative estimate of drug-likeness (QED) is 0.122. The van der Waals surface area contributed by atoms with Crippen molar-refractivity contribution in [3.63, 3.8) is 0 Å². The van der Waals surface area contributed by atoms with E-state index in [4.69, 9.17) is 13.9 Å². The summed E-state index contributed by atoms with van der Waals surface area (Å²) in [6, 6.07) is 10.5. The van der Waals surface area contributed by atoms with Gasteiger partial charge in [-0.05, 0) is 29.8 Å². The van der Waals surface area contributed by atoms with Crippen molar-refractivity contribution < 1.29 is 45.4 Å². The fraction of sp³-hybridized carbons (Fsp3) is 0.0833. The monoisotopic (exact) mass is 492 g/mol. The van der Waals surface area contributed by atoms with Gasteiger partial charge in [-0.3, -0.25) is 4.79 Å². The van der Waals surface area contributed by atoms with E-state index in [9.17, 15) is 31.5 Å².